The van der Waals surface area contributed by atoms with E-state index in [2.05, 4.69) is 13.9 Å². The molecular weight excluding hydrogens is 454 g/mol. The van der Waals surface area contributed by atoms with Crippen LogP contribution in [0, 0.1) is 0 Å². The van der Waals surface area contributed by atoms with E-state index in [1.54, 1.807) is 0 Å². The lowest BCUT2D eigenvalue weighted by molar-refractivity contribution is -0.224. The molecule has 0 aromatic heterocycles. The molecule has 0 aliphatic carbocycles. The van der Waals surface area contributed by atoms with E-state index in [-0.39, 0.29) is 12.4 Å². The minimum atomic E-state index is -4.77. The molecule has 0 heterocycles. The molecule has 0 spiro atoms. The maximum absolute atomic E-state index is 10.8. The average molecular weight is 478 g/mol. The summed E-state index contributed by atoms with van der Waals surface area (Å²) in [6.45, 7) is 0.811. The average Bonchev–Trinajstić information content (AvgIpc) is 2.64. The Kier molecular flexibility index (Phi) is 24.8. The molecule has 17 nitrogen and oxygen atoms in total. The Bertz CT molecular complexity index is 518. The molecule has 19 heteroatoms. The van der Waals surface area contributed by atoms with Gasteiger partial charge in [-0.05, 0) is 13.8 Å². The van der Waals surface area contributed by atoms with Gasteiger partial charge in [0.05, 0.1) is 13.2 Å². The van der Waals surface area contributed by atoms with Crippen LogP contribution in [0.25, 0.3) is 0 Å². The molecule has 0 amide bonds. The number of phosphoric acid groups is 2. The number of hydrogen-bond donors (Lipinski definition) is 9. The number of aldehydes is 1. The third-order valence-corrected chi connectivity index (χ3v) is 2.42. The second-order valence-electron chi connectivity index (χ2n) is 4.31. The predicted molar refractivity (Wildman–Crippen MR) is 88.9 cm³/mol. The zero-order valence-corrected chi connectivity index (χ0v) is 16.8. The maximum atomic E-state index is 10.8. The number of Topliss-reactive ketones (excluding diaryl/α,β-unsaturated/α-hetero) is 2. The molecule has 0 bridgehead atoms. The van der Waals surface area contributed by atoms with Crippen LogP contribution < -0.4 is 0 Å². The highest BCUT2D eigenvalue weighted by Crippen LogP contribution is 2.39. The number of ketones is 2. The van der Waals surface area contributed by atoms with Gasteiger partial charge in [0.1, 0.15) is 30.9 Å². The minimum Gasteiger partial charge on any atom is -0.394 e. The van der Waals surface area contributed by atoms with Gasteiger partial charge in [0.2, 0.25) is 0 Å². The quantitative estimate of drug-likeness (QED) is 0.0700. The van der Waals surface area contributed by atoms with Crippen LogP contribution in [0.1, 0.15) is 13.8 Å². The first kappa shape index (κ1) is 35.4. The Hall–Kier alpha value is -1.01. The van der Waals surface area contributed by atoms with Crippen molar-refractivity contribution in [3.63, 3.8) is 0 Å². The zero-order chi connectivity index (χ0) is 24.3. The standard InChI is InChI=1S/C5H11O8P.C3H6O.C2H4O2.H3O6P/c6-1-3(7)5(9)4(8)2-13-14(10,11)12;1-3(2)4;3-1-2-4;1-5-7(3,4)6-2/h3,5-7,9H,1-2H2,(H2,10,11,12);1-2H3;1,4H,2H2;1-2H,(H,3,4)/t3-,5-;;;/m1.../s1. The molecule has 176 valence electrons. The van der Waals surface area contributed by atoms with Crippen molar-refractivity contribution >= 4 is 33.5 Å². The molecule has 0 saturated carbocycles. The molecule has 9 N–H and O–H groups in total. The smallest absolute Gasteiger partial charge is 0.394 e. The van der Waals surface area contributed by atoms with E-state index in [4.69, 9.17) is 50.4 Å². The number of carbonyl (C=O) groups is 3. The summed E-state index contributed by atoms with van der Waals surface area (Å²) in [6.07, 6.45) is -3.19. The van der Waals surface area contributed by atoms with Crippen molar-refractivity contribution in [2.24, 2.45) is 0 Å². The number of hydrogen-bond acceptors (Lipinski definition) is 14. The van der Waals surface area contributed by atoms with Crippen LogP contribution in [0.3, 0.4) is 0 Å². The molecule has 0 aromatic carbocycles. The van der Waals surface area contributed by atoms with Gasteiger partial charge >= 0.3 is 15.6 Å². The van der Waals surface area contributed by atoms with E-state index >= 15 is 0 Å². The Morgan fingerprint density at radius 1 is 1.00 bits per heavy atom. The fourth-order valence-corrected chi connectivity index (χ4v) is 0.888. The first-order valence-electron chi connectivity index (χ1n) is 6.75. The first-order valence-corrected chi connectivity index (χ1v) is 9.78. The normalized spacial score (nSPS) is 12.5. The summed E-state index contributed by atoms with van der Waals surface area (Å²) in [5.74, 6) is -0.963. The molecule has 0 saturated heterocycles. The molecule has 2 atom stereocenters. The fraction of sp³-hybridized carbons (Fsp3) is 0.700. The second kappa shape index (κ2) is 20.3. The fourth-order valence-electron chi connectivity index (χ4n) is 0.562. The van der Waals surface area contributed by atoms with Gasteiger partial charge in [-0.3, -0.25) is 14.2 Å². The summed E-state index contributed by atoms with van der Waals surface area (Å²) >= 11 is 0. The SMILES string of the molecule is CC(C)=O.O=C(COP(=O)(O)O)[C@H](O)[C@H](O)CO.O=CCO.O=P(O)(OO)OO. The van der Waals surface area contributed by atoms with Crippen molar-refractivity contribution in [3.05, 3.63) is 0 Å². The van der Waals surface area contributed by atoms with E-state index in [0.717, 1.165) is 0 Å². The third kappa shape index (κ3) is 34.9. The number of aliphatic hydroxyl groups is 4. The van der Waals surface area contributed by atoms with Crippen LogP contribution >= 0.6 is 15.6 Å². The van der Waals surface area contributed by atoms with Gasteiger partial charge in [-0.2, -0.15) is 0 Å². The minimum absolute atomic E-state index is 0.167. The van der Waals surface area contributed by atoms with Crippen molar-refractivity contribution < 1.29 is 83.0 Å². The van der Waals surface area contributed by atoms with E-state index in [1.807, 2.05) is 0 Å². The van der Waals surface area contributed by atoms with Crippen LogP contribution in [0.4, 0.5) is 0 Å². The summed E-state index contributed by atoms with van der Waals surface area (Å²) in [5, 5.41) is 48.1. The predicted octanol–water partition coefficient (Wildman–Crippen LogP) is -2.78. The van der Waals surface area contributed by atoms with E-state index in [1.165, 1.54) is 13.8 Å². The Morgan fingerprint density at radius 3 is 1.52 bits per heavy atom. The number of aliphatic hydroxyl groups excluding tert-OH is 4. The van der Waals surface area contributed by atoms with E-state index in [0.29, 0.717) is 6.29 Å². The van der Waals surface area contributed by atoms with Crippen molar-refractivity contribution in [1.29, 1.82) is 0 Å². The Labute approximate surface area is 163 Å². The van der Waals surface area contributed by atoms with Gasteiger partial charge in [0, 0.05) is 0 Å². The number of rotatable bonds is 9. The summed E-state index contributed by atoms with van der Waals surface area (Å²) in [6, 6.07) is 0. The molecular formula is C10H24O17P2. The zero-order valence-electron chi connectivity index (χ0n) is 15.0. The number of phosphoric ester groups is 1. The van der Waals surface area contributed by atoms with Crippen molar-refractivity contribution in [1.82, 2.24) is 0 Å². The topological polar surface area (TPSA) is 295 Å². The first-order chi connectivity index (χ1) is 13.0. The third-order valence-electron chi connectivity index (χ3n) is 1.54. The van der Waals surface area contributed by atoms with Crippen molar-refractivity contribution in [3.8, 4) is 0 Å². The summed E-state index contributed by atoms with van der Waals surface area (Å²) in [4.78, 5) is 53.3. The highest BCUT2D eigenvalue weighted by atomic mass is 31.2. The van der Waals surface area contributed by atoms with Crippen molar-refractivity contribution in [2.75, 3.05) is 19.8 Å². The van der Waals surface area contributed by atoms with Gasteiger partial charge in [-0.1, -0.05) is 0 Å². The molecule has 0 radical (unpaired) electrons. The molecule has 29 heavy (non-hydrogen) atoms. The largest absolute Gasteiger partial charge is 0.526 e. The van der Waals surface area contributed by atoms with Crippen LogP contribution in [-0.2, 0) is 37.4 Å². The van der Waals surface area contributed by atoms with Crippen LogP contribution in [0.15, 0.2) is 0 Å². The summed E-state index contributed by atoms with van der Waals surface area (Å²) in [7, 11) is -9.32. The molecule has 0 aromatic rings. The van der Waals surface area contributed by atoms with E-state index in [9.17, 15) is 18.7 Å². The van der Waals surface area contributed by atoms with Crippen LogP contribution in [0.5, 0.6) is 0 Å². The van der Waals surface area contributed by atoms with Crippen LogP contribution in [0.2, 0.25) is 0 Å². The summed E-state index contributed by atoms with van der Waals surface area (Å²) in [5.41, 5.74) is 0. The maximum Gasteiger partial charge on any atom is 0.526 e. The van der Waals surface area contributed by atoms with Gasteiger partial charge < -0.3 is 39.8 Å². The van der Waals surface area contributed by atoms with Gasteiger partial charge in [-0.15, -0.1) is 9.35 Å². The van der Waals surface area contributed by atoms with Gasteiger partial charge in [0.15, 0.2) is 5.78 Å². The lowest BCUT2D eigenvalue weighted by Gasteiger charge is -2.14. The Balaban J connectivity index is -0.000000172. The molecule has 0 aliphatic heterocycles. The summed E-state index contributed by atoms with van der Waals surface area (Å²) < 4.78 is 28.9. The molecule has 0 rings (SSSR count). The molecule has 0 fully saturated rings. The Morgan fingerprint density at radius 2 is 1.34 bits per heavy atom. The number of carbonyl (C=O) groups excluding carboxylic acids is 3. The van der Waals surface area contributed by atoms with Crippen molar-refractivity contribution in [2.45, 2.75) is 26.1 Å². The lowest BCUT2D eigenvalue weighted by atomic mass is 10.1. The molecule has 0 unspecified atom stereocenters. The van der Waals surface area contributed by atoms with Gasteiger partial charge in [-0.25, -0.2) is 19.6 Å². The van der Waals surface area contributed by atoms with Crippen LogP contribution in [-0.4, -0.2) is 95.5 Å². The second-order valence-corrected chi connectivity index (χ2v) is 6.82. The van der Waals surface area contributed by atoms with E-state index < -0.39 is 46.9 Å². The molecule has 0 aliphatic rings. The highest BCUT2D eigenvalue weighted by Gasteiger charge is 2.26. The van der Waals surface area contributed by atoms with Gasteiger partial charge in [0.25, 0.3) is 0 Å². The monoisotopic (exact) mass is 478 g/mol. The highest BCUT2D eigenvalue weighted by molar-refractivity contribution is 7.47. The lowest BCUT2D eigenvalue weighted by Crippen LogP contribution is -2.38.